The van der Waals surface area contributed by atoms with Crippen molar-refractivity contribution in [2.45, 2.75) is 26.7 Å². The van der Waals surface area contributed by atoms with E-state index in [9.17, 15) is 4.79 Å². The van der Waals surface area contributed by atoms with Crippen LogP contribution < -0.4 is 14.8 Å². The molecule has 0 bridgehead atoms. The number of hydrogen-bond donors (Lipinski definition) is 1. The van der Waals surface area contributed by atoms with Gasteiger partial charge in [0, 0.05) is 0 Å². The Balaban J connectivity index is 1.37. The molecule has 0 unspecified atom stereocenters. The maximum absolute atomic E-state index is 12.2. The summed E-state index contributed by atoms with van der Waals surface area (Å²) in [7, 11) is 0. The van der Waals surface area contributed by atoms with E-state index in [-0.39, 0.29) is 18.3 Å². The van der Waals surface area contributed by atoms with E-state index in [2.05, 4.69) is 15.5 Å². The van der Waals surface area contributed by atoms with Crippen molar-refractivity contribution >= 4 is 11.9 Å². The van der Waals surface area contributed by atoms with Crippen LogP contribution in [0.2, 0.25) is 0 Å². The Hall–Kier alpha value is -3.35. The highest BCUT2D eigenvalue weighted by molar-refractivity contribution is 5.90. The summed E-state index contributed by atoms with van der Waals surface area (Å²) in [5, 5.41) is 10.6. The van der Waals surface area contributed by atoms with Gasteiger partial charge in [0.05, 0.1) is 12.8 Å². The summed E-state index contributed by atoms with van der Waals surface area (Å²) < 4.78 is 16.7. The highest BCUT2D eigenvalue weighted by Gasteiger charge is 2.15. The molecule has 144 valence electrons. The van der Waals surface area contributed by atoms with Gasteiger partial charge in [-0.2, -0.15) is 0 Å². The summed E-state index contributed by atoms with van der Waals surface area (Å²) in [6.45, 7) is 5.16. The summed E-state index contributed by atoms with van der Waals surface area (Å²) in [6, 6.07) is 11.8. The number of hydrogen-bond acceptors (Lipinski definition) is 6. The SMILES string of the molecule is Cc1ccc(CC(=O)Nc2nnc(Cc3ccc4c(c3)OCCO4)o2)cc1C. The molecule has 1 amide bonds. The minimum absolute atomic E-state index is 0.0985. The third kappa shape index (κ3) is 4.14. The van der Waals surface area contributed by atoms with Crippen LogP contribution in [0, 0.1) is 13.8 Å². The van der Waals surface area contributed by atoms with Crippen LogP contribution >= 0.6 is 0 Å². The third-order valence-electron chi connectivity index (χ3n) is 4.61. The lowest BCUT2D eigenvalue weighted by Crippen LogP contribution is -2.15. The molecule has 28 heavy (non-hydrogen) atoms. The molecule has 1 N–H and O–H groups in total. The number of fused-ring (bicyclic) bond motifs is 1. The molecule has 0 saturated heterocycles. The topological polar surface area (TPSA) is 86.5 Å². The second-order valence-electron chi connectivity index (χ2n) is 6.80. The van der Waals surface area contributed by atoms with Crippen LogP contribution in [0.5, 0.6) is 11.5 Å². The number of nitrogens with one attached hydrogen (secondary N) is 1. The summed E-state index contributed by atoms with van der Waals surface area (Å²) in [4.78, 5) is 12.2. The molecule has 4 rings (SSSR count). The first kappa shape index (κ1) is 18.0. The Labute approximate surface area is 162 Å². The van der Waals surface area contributed by atoms with Crippen LogP contribution in [0.4, 0.5) is 6.01 Å². The summed E-state index contributed by atoms with van der Waals surface area (Å²) in [6.07, 6.45) is 0.692. The molecule has 1 aliphatic rings. The van der Waals surface area contributed by atoms with Gasteiger partial charge < -0.3 is 13.9 Å². The lowest BCUT2D eigenvalue weighted by atomic mass is 10.0. The number of aryl methyl sites for hydroxylation is 2. The van der Waals surface area contributed by atoms with Gasteiger partial charge in [-0.15, -0.1) is 5.10 Å². The number of carbonyl (C=O) groups is 1. The second kappa shape index (κ2) is 7.72. The molecule has 0 fully saturated rings. The maximum Gasteiger partial charge on any atom is 0.322 e. The normalized spacial score (nSPS) is 12.6. The molecule has 7 nitrogen and oxygen atoms in total. The van der Waals surface area contributed by atoms with E-state index in [4.69, 9.17) is 13.9 Å². The van der Waals surface area contributed by atoms with Crippen LogP contribution in [0.1, 0.15) is 28.1 Å². The summed E-state index contributed by atoms with van der Waals surface area (Å²) in [5.41, 5.74) is 4.26. The molecule has 1 aromatic heterocycles. The maximum atomic E-state index is 12.2. The smallest absolute Gasteiger partial charge is 0.322 e. The fourth-order valence-corrected chi connectivity index (χ4v) is 3.01. The number of carbonyl (C=O) groups excluding carboxylic acids is 1. The first-order valence-electron chi connectivity index (χ1n) is 9.14. The number of nitrogens with zero attached hydrogens (tertiary/aromatic N) is 2. The minimum Gasteiger partial charge on any atom is -0.486 e. The molecule has 0 spiro atoms. The first-order chi connectivity index (χ1) is 13.6. The molecule has 7 heteroatoms. The van der Waals surface area contributed by atoms with Gasteiger partial charge in [0.2, 0.25) is 11.8 Å². The van der Waals surface area contributed by atoms with Crippen molar-refractivity contribution < 1.29 is 18.7 Å². The van der Waals surface area contributed by atoms with Crippen molar-refractivity contribution in [1.29, 1.82) is 0 Å². The van der Waals surface area contributed by atoms with Crippen LogP contribution in [-0.2, 0) is 17.6 Å². The van der Waals surface area contributed by atoms with Crippen molar-refractivity contribution in [2.24, 2.45) is 0 Å². The predicted octanol–water partition coefficient (Wildman–Crippen LogP) is 3.23. The molecule has 0 saturated carbocycles. The number of amides is 1. The van der Waals surface area contributed by atoms with Gasteiger partial charge in [-0.3, -0.25) is 10.1 Å². The standard InChI is InChI=1S/C21H21N3O4/c1-13-3-4-15(9-14(13)2)11-19(25)22-21-24-23-20(28-21)12-16-5-6-17-18(10-16)27-8-7-26-17/h3-6,9-10H,7-8,11-12H2,1-2H3,(H,22,24,25). The quantitative estimate of drug-likeness (QED) is 0.732. The van der Waals surface area contributed by atoms with Crippen molar-refractivity contribution in [3.05, 3.63) is 64.5 Å². The largest absolute Gasteiger partial charge is 0.486 e. The minimum atomic E-state index is -0.196. The number of anilines is 1. The molecular weight excluding hydrogens is 358 g/mol. The average Bonchev–Trinajstić information content (AvgIpc) is 3.11. The Morgan fingerprint density at radius 3 is 2.57 bits per heavy atom. The average molecular weight is 379 g/mol. The van der Waals surface area contributed by atoms with Crippen LogP contribution in [0.25, 0.3) is 0 Å². The van der Waals surface area contributed by atoms with Gasteiger partial charge in [0.25, 0.3) is 0 Å². The van der Waals surface area contributed by atoms with Gasteiger partial charge in [0.1, 0.15) is 13.2 Å². The molecule has 0 aliphatic carbocycles. The Morgan fingerprint density at radius 1 is 0.964 bits per heavy atom. The highest BCUT2D eigenvalue weighted by Crippen LogP contribution is 2.31. The predicted molar refractivity (Wildman–Crippen MR) is 103 cm³/mol. The van der Waals surface area contributed by atoms with Crippen molar-refractivity contribution in [1.82, 2.24) is 10.2 Å². The van der Waals surface area contributed by atoms with E-state index in [0.29, 0.717) is 31.3 Å². The van der Waals surface area contributed by atoms with E-state index in [1.807, 2.05) is 50.2 Å². The molecule has 1 aliphatic heterocycles. The lowest BCUT2D eigenvalue weighted by Gasteiger charge is -2.18. The van der Waals surface area contributed by atoms with Crippen molar-refractivity contribution in [2.75, 3.05) is 18.5 Å². The third-order valence-corrected chi connectivity index (χ3v) is 4.61. The van der Waals surface area contributed by atoms with Gasteiger partial charge in [-0.1, -0.05) is 29.4 Å². The van der Waals surface area contributed by atoms with Gasteiger partial charge in [-0.05, 0) is 48.2 Å². The molecular formula is C21H21N3O4. The fraction of sp³-hybridized carbons (Fsp3) is 0.286. The monoisotopic (exact) mass is 379 g/mol. The molecule has 0 radical (unpaired) electrons. The van der Waals surface area contributed by atoms with Gasteiger partial charge in [0.15, 0.2) is 11.5 Å². The highest BCUT2D eigenvalue weighted by atomic mass is 16.6. The van der Waals surface area contributed by atoms with E-state index in [1.165, 1.54) is 5.56 Å². The zero-order valence-corrected chi connectivity index (χ0v) is 15.8. The zero-order chi connectivity index (χ0) is 19.5. The summed E-state index contributed by atoms with van der Waals surface area (Å²) in [5.74, 6) is 1.67. The molecule has 2 aromatic carbocycles. The van der Waals surface area contributed by atoms with Crippen LogP contribution in [-0.4, -0.2) is 29.3 Å². The van der Waals surface area contributed by atoms with Crippen molar-refractivity contribution in [3.63, 3.8) is 0 Å². The number of aromatic nitrogens is 2. The number of ether oxygens (including phenoxy) is 2. The van der Waals surface area contributed by atoms with Gasteiger partial charge in [-0.25, -0.2) is 0 Å². The fourth-order valence-electron chi connectivity index (χ4n) is 3.01. The van der Waals surface area contributed by atoms with E-state index in [1.54, 1.807) is 0 Å². The van der Waals surface area contributed by atoms with Crippen molar-refractivity contribution in [3.8, 4) is 11.5 Å². The second-order valence-corrected chi connectivity index (χ2v) is 6.80. The van der Waals surface area contributed by atoms with E-state index >= 15 is 0 Å². The van der Waals surface area contributed by atoms with Gasteiger partial charge >= 0.3 is 6.01 Å². The Bertz CT molecular complexity index is 1010. The lowest BCUT2D eigenvalue weighted by molar-refractivity contribution is -0.115. The van der Waals surface area contributed by atoms with E-state index in [0.717, 1.165) is 22.4 Å². The molecule has 3 aromatic rings. The molecule has 0 atom stereocenters. The first-order valence-corrected chi connectivity index (χ1v) is 9.14. The number of rotatable bonds is 5. The molecule has 2 heterocycles. The zero-order valence-electron chi connectivity index (χ0n) is 15.8. The number of benzene rings is 2. The van der Waals surface area contributed by atoms with E-state index < -0.39 is 0 Å². The Kier molecular flexibility index (Phi) is 4.97. The van der Waals surface area contributed by atoms with Crippen LogP contribution in [0.15, 0.2) is 40.8 Å². The van der Waals surface area contributed by atoms with Crippen LogP contribution in [0.3, 0.4) is 0 Å². The summed E-state index contributed by atoms with van der Waals surface area (Å²) >= 11 is 0. The Morgan fingerprint density at radius 2 is 1.75 bits per heavy atom.